The second-order valence-electron chi connectivity index (χ2n) is 4.22. The molecule has 0 radical (unpaired) electrons. The van der Waals surface area contributed by atoms with Crippen LogP contribution >= 0.6 is 0 Å². The predicted octanol–water partition coefficient (Wildman–Crippen LogP) is 1.57. The third-order valence-electron chi connectivity index (χ3n) is 2.69. The molecule has 0 bridgehead atoms. The van der Waals surface area contributed by atoms with E-state index in [1.54, 1.807) is 31.2 Å². The molecule has 8 nitrogen and oxygen atoms in total. The molecule has 2 heterocycles. The number of hydrogen-bond donors (Lipinski definition) is 2. The Balaban J connectivity index is 2.01. The van der Waals surface area contributed by atoms with Crippen LogP contribution in [0.25, 0.3) is 11.5 Å². The number of rotatable bonds is 4. The molecule has 9 heteroatoms. The third kappa shape index (κ3) is 2.63. The normalized spacial score (nSPS) is 11.5. The van der Waals surface area contributed by atoms with E-state index in [1.807, 2.05) is 0 Å². The quantitative estimate of drug-likeness (QED) is 0.756. The lowest BCUT2D eigenvalue weighted by Gasteiger charge is -2.08. The Morgan fingerprint density at radius 1 is 1.24 bits per heavy atom. The number of aromatic amines is 1. The molecule has 0 saturated heterocycles. The Kier molecular flexibility index (Phi) is 3.18. The molecule has 3 aromatic rings. The monoisotopic (exact) mass is 305 g/mol. The van der Waals surface area contributed by atoms with Gasteiger partial charge in [0, 0.05) is 0 Å². The number of sulfonamides is 1. The van der Waals surface area contributed by atoms with Gasteiger partial charge in [-0.25, -0.2) is 0 Å². The molecule has 0 aliphatic rings. The topological polar surface area (TPSA) is 114 Å². The van der Waals surface area contributed by atoms with E-state index < -0.39 is 10.0 Å². The highest BCUT2D eigenvalue weighted by Gasteiger charge is 2.19. The van der Waals surface area contributed by atoms with E-state index in [0.717, 1.165) is 0 Å². The highest BCUT2D eigenvalue weighted by molar-refractivity contribution is 7.92. The molecule has 1 aromatic carbocycles. The number of anilines is 1. The SMILES string of the molecule is Cc1noc(-c2ccccc2NS(=O)(=O)c2ccn[nH]2)n1. The predicted molar refractivity (Wildman–Crippen MR) is 73.9 cm³/mol. The number of aryl methyl sites for hydroxylation is 1. The van der Waals surface area contributed by atoms with Gasteiger partial charge in [0.15, 0.2) is 10.9 Å². The first-order valence-corrected chi connectivity index (χ1v) is 7.46. The summed E-state index contributed by atoms with van der Waals surface area (Å²) < 4.78 is 32.0. The summed E-state index contributed by atoms with van der Waals surface area (Å²) in [7, 11) is -3.75. The van der Waals surface area contributed by atoms with Crippen molar-refractivity contribution in [1.82, 2.24) is 20.3 Å². The molecule has 0 spiro atoms. The number of hydrogen-bond acceptors (Lipinski definition) is 6. The fourth-order valence-electron chi connectivity index (χ4n) is 1.76. The number of nitrogens with one attached hydrogen (secondary N) is 2. The molecule has 0 aliphatic carbocycles. The Bertz CT molecular complexity index is 855. The first-order chi connectivity index (χ1) is 10.1. The Morgan fingerprint density at radius 2 is 2.05 bits per heavy atom. The summed E-state index contributed by atoms with van der Waals surface area (Å²) in [5, 5.41) is 9.71. The largest absolute Gasteiger partial charge is 0.334 e. The van der Waals surface area contributed by atoms with Crippen LogP contribution in [0.15, 0.2) is 46.1 Å². The highest BCUT2D eigenvalue weighted by Crippen LogP contribution is 2.27. The highest BCUT2D eigenvalue weighted by atomic mass is 32.2. The number of para-hydroxylation sites is 1. The van der Waals surface area contributed by atoms with Crippen LogP contribution in [0.1, 0.15) is 5.82 Å². The molecular weight excluding hydrogens is 294 g/mol. The third-order valence-corrected chi connectivity index (χ3v) is 3.99. The lowest BCUT2D eigenvalue weighted by Crippen LogP contribution is -2.14. The van der Waals surface area contributed by atoms with Gasteiger partial charge in [-0.2, -0.15) is 18.5 Å². The summed E-state index contributed by atoms with van der Waals surface area (Å²) in [6.45, 7) is 1.68. The molecule has 0 unspecified atom stereocenters. The van der Waals surface area contributed by atoms with Crippen LogP contribution in [0.3, 0.4) is 0 Å². The van der Waals surface area contributed by atoms with E-state index in [4.69, 9.17) is 4.52 Å². The van der Waals surface area contributed by atoms with Gasteiger partial charge in [0.25, 0.3) is 15.9 Å². The standard InChI is InChI=1S/C12H11N5O3S/c1-8-14-12(20-16-8)9-4-2-3-5-10(9)17-21(18,19)11-6-7-13-15-11/h2-7,17H,1H3,(H,13,15). The van der Waals surface area contributed by atoms with Gasteiger partial charge in [-0.05, 0) is 25.1 Å². The van der Waals surface area contributed by atoms with Crippen molar-refractivity contribution < 1.29 is 12.9 Å². The molecule has 3 rings (SSSR count). The zero-order valence-corrected chi connectivity index (χ0v) is 11.8. The van der Waals surface area contributed by atoms with Crippen molar-refractivity contribution in [3.05, 3.63) is 42.4 Å². The first kappa shape index (κ1) is 13.3. The van der Waals surface area contributed by atoms with Crippen LogP contribution in [-0.2, 0) is 10.0 Å². The van der Waals surface area contributed by atoms with Gasteiger partial charge in [0.2, 0.25) is 0 Å². The van der Waals surface area contributed by atoms with E-state index >= 15 is 0 Å². The molecule has 0 aliphatic heterocycles. The number of nitrogens with zero attached hydrogens (tertiary/aromatic N) is 3. The fourth-order valence-corrected chi connectivity index (χ4v) is 2.75. The van der Waals surface area contributed by atoms with Crippen LogP contribution in [0.4, 0.5) is 5.69 Å². The number of benzene rings is 1. The lowest BCUT2D eigenvalue weighted by molar-refractivity contribution is 0.426. The molecule has 21 heavy (non-hydrogen) atoms. The number of aromatic nitrogens is 4. The maximum atomic E-state index is 12.2. The van der Waals surface area contributed by atoms with Crippen molar-refractivity contribution in [2.24, 2.45) is 0 Å². The zero-order valence-electron chi connectivity index (χ0n) is 10.9. The van der Waals surface area contributed by atoms with Gasteiger partial charge in [-0.1, -0.05) is 17.3 Å². The van der Waals surface area contributed by atoms with Crippen LogP contribution < -0.4 is 4.72 Å². The minimum atomic E-state index is -3.75. The van der Waals surface area contributed by atoms with E-state index in [-0.39, 0.29) is 10.9 Å². The Labute approximate surface area is 120 Å². The maximum absolute atomic E-state index is 12.2. The Morgan fingerprint density at radius 3 is 2.71 bits per heavy atom. The molecule has 2 aromatic heterocycles. The van der Waals surface area contributed by atoms with Crippen molar-refractivity contribution in [3.63, 3.8) is 0 Å². The molecular formula is C12H11N5O3S. The van der Waals surface area contributed by atoms with Crippen molar-refractivity contribution in [1.29, 1.82) is 0 Å². The van der Waals surface area contributed by atoms with Crippen LogP contribution in [0.2, 0.25) is 0 Å². The van der Waals surface area contributed by atoms with Gasteiger partial charge in [0.1, 0.15) is 0 Å². The average molecular weight is 305 g/mol. The van der Waals surface area contributed by atoms with Gasteiger partial charge >= 0.3 is 0 Å². The van der Waals surface area contributed by atoms with E-state index in [2.05, 4.69) is 25.1 Å². The summed E-state index contributed by atoms with van der Waals surface area (Å²) in [6.07, 6.45) is 1.36. The van der Waals surface area contributed by atoms with Crippen LogP contribution in [0, 0.1) is 6.92 Å². The van der Waals surface area contributed by atoms with E-state index in [0.29, 0.717) is 17.1 Å². The molecule has 0 amide bonds. The molecule has 108 valence electrons. The fraction of sp³-hybridized carbons (Fsp3) is 0.0833. The summed E-state index contributed by atoms with van der Waals surface area (Å²) >= 11 is 0. The molecule has 2 N–H and O–H groups in total. The minimum absolute atomic E-state index is 0.0287. The summed E-state index contributed by atoms with van der Waals surface area (Å²) in [5.41, 5.74) is 0.844. The molecule has 0 atom stereocenters. The van der Waals surface area contributed by atoms with Crippen LogP contribution in [0.5, 0.6) is 0 Å². The Hall–Kier alpha value is -2.68. The average Bonchev–Trinajstić information content (AvgIpc) is 3.10. The van der Waals surface area contributed by atoms with Gasteiger partial charge in [-0.15, -0.1) is 0 Å². The van der Waals surface area contributed by atoms with Crippen molar-refractivity contribution in [3.8, 4) is 11.5 Å². The maximum Gasteiger partial charge on any atom is 0.278 e. The van der Waals surface area contributed by atoms with Crippen LogP contribution in [-0.4, -0.2) is 28.8 Å². The first-order valence-electron chi connectivity index (χ1n) is 5.98. The van der Waals surface area contributed by atoms with Crippen molar-refractivity contribution in [2.45, 2.75) is 11.9 Å². The summed E-state index contributed by atoms with van der Waals surface area (Å²) in [6, 6.07) is 8.13. The van der Waals surface area contributed by atoms with Gasteiger partial charge in [-0.3, -0.25) is 9.82 Å². The second-order valence-corrected chi connectivity index (χ2v) is 5.87. The van der Waals surface area contributed by atoms with Crippen molar-refractivity contribution >= 4 is 15.7 Å². The minimum Gasteiger partial charge on any atom is -0.334 e. The summed E-state index contributed by atoms with van der Waals surface area (Å²) in [5.74, 6) is 0.714. The smallest absolute Gasteiger partial charge is 0.278 e. The van der Waals surface area contributed by atoms with E-state index in [9.17, 15) is 8.42 Å². The summed E-state index contributed by atoms with van der Waals surface area (Å²) in [4.78, 5) is 4.10. The zero-order chi connectivity index (χ0) is 14.9. The second kappa shape index (κ2) is 5.02. The molecule has 0 fully saturated rings. The van der Waals surface area contributed by atoms with E-state index in [1.165, 1.54) is 12.3 Å². The van der Waals surface area contributed by atoms with Gasteiger partial charge in [0.05, 0.1) is 17.4 Å². The number of H-pyrrole nitrogens is 1. The molecule has 0 saturated carbocycles. The van der Waals surface area contributed by atoms with Gasteiger partial charge < -0.3 is 4.52 Å². The van der Waals surface area contributed by atoms with Crippen molar-refractivity contribution in [2.75, 3.05) is 4.72 Å². The lowest BCUT2D eigenvalue weighted by atomic mass is 10.2.